The van der Waals surface area contributed by atoms with Gasteiger partial charge in [0.15, 0.2) is 0 Å². The monoisotopic (exact) mass is 1600 g/mol. The molecule has 0 spiro atoms. The van der Waals surface area contributed by atoms with E-state index in [1.807, 2.05) is 0 Å². The summed E-state index contributed by atoms with van der Waals surface area (Å²) in [4.78, 5) is 40.8. The molecule has 13 heteroatoms. The molecule has 110 heavy (non-hydrogen) atoms. The smallest absolute Gasteiger partial charge is 0.327 e. The largest absolute Gasteiger partial charge is 3.00 e. The fourth-order valence-corrected chi connectivity index (χ4v) is 16.4. The number of benzene rings is 16. The van der Waals surface area contributed by atoms with E-state index >= 15 is 0 Å². The predicted octanol–water partition coefficient (Wildman–Crippen LogP) is 24.0. The molecule has 0 amide bonds. The summed E-state index contributed by atoms with van der Waals surface area (Å²) in [6.45, 7) is 2.81. The first-order chi connectivity index (χ1) is 53.5. The summed E-state index contributed by atoms with van der Waals surface area (Å²) in [5.41, 5.74) is 19.1. The van der Waals surface area contributed by atoms with Crippen LogP contribution in [0.1, 0.15) is 20.3 Å². The van der Waals surface area contributed by atoms with Crippen LogP contribution in [0.5, 0.6) is 0 Å². The van der Waals surface area contributed by atoms with Crippen LogP contribution in [0.2, 0.25) is 0 Å². The van der Waals surface area contributed by atoms with Gasteiger partial charge in [-0.25, -0.2) is 8.78 Å². The van der Waals surface area contributed by atoms with Crippen molar-refractivity contribution in [2.45, 2.75) is 20.3 Å². The normalized spacial score (nSPS) is 11.7. The Bertz CT molecular complexity index is 6910. The van der Waals surface area contributed by atoms with Crippen molar-refractivity contribution in [3.05, 3.63) is 339 Å². The standard InChI is InChI=1S/2C46H26FN4.C5H8O2.Ir/c2*47-29-19-17-28(18-20-29)40-27-48-45-38-25-30(50-41-13-5-1-9-34(41)35-10-2-6-14-42(35)50)21-23-32(38)33-24-22-31(26-39(33)46(45)49-40)51-43-15-7-3-11-36(43)37-12-4-8-16-44(37)51;1-4(6)3-5(2)7;/h2*1-24,26-27H;3H2,1-2H3;/q2*-1;;+3. The zero-order chi connectivity index (χ0) is 73.1. The van der Waals surface area contributed by atoms with E-state index in [2.05, 4.69) is 285 Å². The Morgan fingerprint density at radius 3 is 0.855 bits per heavy atom. The molecule has 6 aromatic heterocycles. The molecule has 0 saturated carbocycles. The minimum absolute atomic E-state index is 0. The Hall–Kier alpha value is -13.7. The molecule has 22 rings (SSSR count). The molecular formula is C97H60F2IrN8O2+. The van der Waals surface area contributed by atoms with Crippen LogP contribution in [0.15, 0.2) is 316 Å². The van der Waals surface area contributed by atoms with Gasteiger partial charge in [0.25, 0.3) is 0 Å². The predicted molar refractivity (Wildman–Crippen MR) is 441 cm³/mol. The Morgan fingerprint density at radius 1 is 0.300 bits per heavy atom. The molecule has 0 unspecified atom stereocenters. The second kappa shape index (κ2) is 27.0. The van der Waals surface area contributed by atoms with Gasteiger partial charge < -0.3 is 28.2 Å². The van der Waals surface area contributed by atoms with E-state index in [-0.39, 0.29) is 49.7 Å². The second-order valence-electron chi connectivity index (χ2n) is 27.7. The molecule has 0 atom stereocenters. The number of para-hydroxylation sites is 8. The molecule has 16 aromatic carbocycles. The van der Waals surface area contributed by atoms with Crippen molar-refractivity contribution >= 4 is 164 Å². The van der Waals surface area contributed by atoms with Crippen molar-refractivity contribution in [3.63, 3.8) is 0 Å². The number of hydrogen-bond donors (Lipinski definition) is 0. The van der Waals surface area contributed by atoms with Crippen LogP contribution in [-0.2, 0) is 29.7 Å². The molecule has 0 saturated heterocycles. The fraction of sp³-hybridized carbons (Fsp3) is 0.0309. The van der Waals surface area contributed by atoms with Crippen molar-refractivity contribution in [2.24, 2.45) is 0 Å². The third-order valence-corrected chi connectivity index (χ3v) is 21.1. The number of fused-ring (bicyclic) bond motifs is 24. The number of carbonyl (C=O) groups is 2. The summed E-state index contributed by atoms with van der Waals surface area (Å²) in [5.74, 6) is -0.695. The Morgan fingerprint density at radius 2 is 0.573 bits per heavy atom. The van der Waals surface area contributed by atoms with Gasteiger partial charge in [-0.1, -0.05) is 179 Å². The van der Waals surface area contributed by atoms with Gasteiger partial charge in [-0.15, -0.1) is 47.2 Å². The van der Waals surface area contributed by atoms with Crippen LogP contribution >= 0.6 is 0 Å². The molecule has 522 valence electrons. The Kier molecular flexibility index (Phi) is 16.4. The Balaban J connectivity index is 0.000000136. The molecule has 10 nitrogen and oxygen atoms in total. The molecule has 0 bridgehead atoms. The molecule has 6 heterocycles. The van der Waals surface area contributed by atoms with Crippen molar-refractivity contribution < 1.29 is 38.5 Å². The Labute approximate surface area is 641 Å². The van der Waals surface area contributed by atoms with E-state index in [1.54, 1.807) is 36.7 Å². The molecule has 0 radical (unpaired) electrons. The summed E-state index contributed by atoms with van der Waals surface area (Å²) >= 11 is 0. The zero-order valence-electron chi connectivity index (χ0n) is 59.2. The number of carbonyl (C=O) groups excluding carboxylic acids is 2. The first kappa shape index (κ1) is 66.9. The molecule has 22 aromatic rings. The molecule has 0 aliphatic carbocycles. The van der Waals surface area contributed by atoms with Crippen LogP contribution in [0.4, 0.5) is 8.78 Å². The van der Waals surface area contributed by atoms with Gasteiger partial charge in [-0.3, -0.25) is 19.6 Å². The molecule has 0 aliphatic rings. The minimum Gasteiger partial charge on any atom is -0.327 e. The fourth-order valence-electron chi connectivity index (χ4n) is 16.4. The number of rotatable bonds is 8. The molecule has 0 N–H and O–H groups in total. The van der Waals surface area contributed by atoms with E-state index in [0.29, 0.717) is 11.4 Å². The van der Waals surface area contributed by atoms with E-state index in [4.69, 9.17) is 19.9 Å². The third-order valence-electron chi connectivity index (χ3n) is 21.1. The van der Waals surface area contributed by atoms with Gasteiger partial charge >= 0.3 is 20.1 Å². The van der Waals surface area contributed by atoms with Crippen LogP contribution < -0.4 is 0 Å². The van der Waals surface area contributed by atoms with Crippen molar-refractivity contribution in [3.8, 4) is 45.3 Å². The molecule has 0 fully saturated rings. The van der Waals surface area contributed by atoms with Gasteiger partial charge in [0, 0.05) is 89.0 Å². The van der Waals surface area contributed by atoms with Gasteiger partial charge in [-0.2, -0.15) is 0 Å². The maximum Gasteiger partial charge on any atom is 3.00 e. The number of ketones is 2. The minimum atomic E-state index is -0.285. The number of aromatic nitrogens is 8. The summed E-state index contributed by atoms with van der Waals surface area (Å²) in [6, 6.07) is 111. The van der Waals surface area contributed by atoms with Gasteiger partial charge in [0.05, 0.1) is 73.0 Å². The molecule has 0 aliphatic heterocycles. The van der Waals surface area contributed by atoms with E-state index < -0.39 is 0 Å². The van der Waals surface area contributed by atoms with Crippen LogP contribution in [0.3, 0.4) is 0 Å². The van der Waals surface area contributed by atoms with Gasteiger partial charge in [0.2, 0.25) is 0 Å². The first-order valence-corrected chi connectivity index (χ1v) is 36.2. The number of halogens is 2. The number of nitrogens with zero attached hydrogens (tertiary/aromatic N) is 8. The summed E-state index contributed by atoms with van der Waals surface area (Å²) in [5, 5.41) is 17.7. The van der Waals surface area contributed by atoms with Gasteiger partial charge in [-0.05, 0) is 157 Å². The molecular weight excluding hydrogens is 1540 g/mol. The third kappa shape index (κ3) is 11.1. The average Bonchev–Trinajstić information content (AvgIpc) is 1.05. The summed E-state index contributed by atoms with van der Waals surface area (Å²) < 4.78 is 37.1. The van der Waals surface area contributed by atoms with E-state index in [1.165, 1.54) is 81.2 Å². The summed E-state index contributed by atoms with van der Waals surface area (Å²) in [7, 11) is 0. The number of hydrogen-bond acceptors (Lipinski definition) is 6. The maximum atomic E-state index is 13.9. The van der Waals surface area contributed by atoms with E-state index in [0.717, 1.165) is 143 Å². The van der Waals surface area contributed by atoms with Crippen molar-refractivity contribution in [1.29, 1.82) is 0 Å². The van der Waals surface area contributed by atoms with Crippen LogP contribution in [0.25, 0.3) is 198 Å². The van der Waals surface area contributed by atoms with Gasteiger partial charge in [0.1, 0.15) is 23.2 Å². The van der Waals surface area contributed by atoms with E-state index in [9.17, 15) is 18.4 Å². The van der Waals surface area contributed by atoms with Crippen LogP contribution in [-0.4, -0.2) is 49.8 Å². The summed E-state index contributed by atoms with van der Waals surface area (Å²) in [6.07, 6.45) is 3.66. The number of Topliss-reactive ketones (excluding diaryl/α,β-unsaturated/α-hetero) is 2. The van der Waals surface area contributed by atoms with Crippen LogP contribution in [0, 0.1) is 23.8 Å². The zero-order valence-corrected chi connectivity index (χ0v) is 61.6. The SMILES string of the molecule is CC(=O)CC(C)=O.Fc1ccc(-c2cnc3c4[c-]c(-n5c6ccccc6c6ccccc65)ccc4c4ccc(-n5c6ccccc6c6ccccc65)cc4c3n2)cc1.Fc1ccc(-c2cnc3c4[c-]c(-n5c6ccccc6c6ccccc65)ccc4c4ccc(-n5c6ccccc6c6ccccc65)cc4c3n2)cc1.[Ir+3]. The topological polar surface area (TPSA) is 105 Å². The van der Waals surface area contributed by atoms with Crippen molar-refractivity contribution in [1.82, 2.24) is 38.2 Å². The second-order valence-corrected chi connectivity index (χ2v) is 27.7. The average molecular weight is 1600 g/mol. The maximum absolute atomic E-state index is 13.9. The first-order valence-electron chi connectivity index (χ1n) is 36.2. The quantitative estimate of drug-likeness (QED) is 0.0852. The van der Waals surface area contributed by atoms with Crippen molar-refractivity contribution in [2.75, 3.05) is 0 Å².